The summed E-state index contributed by atoms with van der Waals surface area (Å²) in [5.41, 5.74) is 1.45. The van der Waals surface area contributed by atoms with Gasteiger partial charge in [0.25, 0.3) is 0 Å². The first kappa shape index (κ1) is 20.7. The van der Waals surface area contributed by atoms with Crippen LogP contribution in [0.1, 0.15) is 43.7 Å². The lowest BCUT2D eigenvalue weighted by Crippen LogP contribution is -2.32. The van der Waals surface area contributed by atoms with Gasteiger partial charge in [-0.3, -0.25) is 4.79 Å². The Bertz CT molecular complexity index is 736. The molecule has 0 spiro atoms. The molecule has 0 unspecified atom stereocenters. The molecular weight excluding hydrogens is 372 g/mol. The van der Waals surface area contributed by atoms with Crippen LogP contribution < -0.4 is 0 Å². The van der Waals surface area contributed by atoms with Crippen molar-refractivity contribution >= 4 is 29.1 Å². The van der Waals surface area contributed by atoms with Gasteiger partial charge in [0, 0.05) is 35.1 Å². The fraction of sp³-hybridized carbons (Fsp3) is 0.381. The van der Waals surface area contributed by atoms with E-state index >= 15 is 0 Å². The Labute approximate surface area is 164 Å². The molecule has 0 saturated heterocycles. The van der Waals surface area contributed by atoms with Crippen LogP contribution in [0.3, 0.4) is 0 Å². The number of carbonyl (C=O) groups is 1. The monoisotopic (exact) mass is 395 g/mol. The van der Waals surface area contributed by atoms with Gasteiger partial charge >= 0.3 is 0 Å². The maximum Gasteiger partial charge on any atom is 0.222 e. The second-order valence-electron chi connectivity index (χ2n) is 6.35. The summed E-state index contributed by atoms with van der Waals surface area (Å²) < 4.78 is 14.0. The molecule has 0 aromatic heterocycles. The van der Waals surface area contributed by atoms with Crippen LogP contribution in [0, 0.1) is 5.82 Å². The van der Waals surface area contributed by atoms with Crippen molar-refractivity contribution in [1.82, 2.24) is 4.90 Å². The van der Waals surface area contributed by atoms with E-state index < -0.39 is 0 Å². The molecule has 0 heterocycles. The molecule has 0 saturated carbocycles. The van der Waals surface area contributed by atoms with Gasteiger partial charge in [0.05, 0.1) is 0 Å². The van der Waals surface area contributed by atoms with E-state index in [0.29, 0.717) is 35.0 Å². The van der Waals surface area contributed by atoms with Crippen molar-refractivity contribution in [3.05, 3.63) is 69.5 Å². The molecule has 2 nitrogen and oxygen atoms in total. The largest absolute Gasteiger partial charge is 0.338 e. The maximum atomic E-state index is 14.0. The van der Waals surface area contributed by atoms with Crippen LogP contribution in [-0.4, -0.2) is 17.4 Å². The molecule has 2 aromatic rings. The van der Waals surface area contributed by atoms with Crippen molar-refractivity contribution < 1.29 is 9.18 Å². The number of hydrogen-bond donors (Lipinski definition) is 0. The zero-order chi connectivity index (χ0) is 18.9. The van der Waals surface area contributed by atoms with Gasteiger partial charge in [-0.05, 0) is 36.6 Å². The van der Waals surface area contributed by atoms with Crippen LogP contribution in [0.5, 0.6) is 0 Å². The number of halogens is 3. The fourth-order valence-corrected chi connectivity index (χ4v) is 3.29. The Hall–Kier alpha value is -1.58. The van der Waals surface area contributed by atoms with Gasteiger partial charge in [-0.1, -0.05) is 67.2 Å². The van der Waals surface area contributed by atoms with Crippen LogP contribution in [0.25, 0.3) is 0 Å². The lowest BCUT2D eigenvalue weighted by Gasteiger charge is -2.23. The molecule has 0 bridgehead atoms. The summed E-state index contributed by atoms with van der Waals surface area (Å²) in [5, 5.41) is 1.17. The lowest BCUT2D eigenvalue weighted by atomic mass is 10.1. The Morgan fingerprint density at radius 3 is 2.54 bits per heavy atom. The third kappa shape index (κ3) is 6.30. The summed E-state index contributed by atoms with van der Waals surface area (Å²) in [6.07, 6.45) is 4.01. The predicted octanol–water partition coefficient (Wildman–Crippen LogP) is 6.28. The molecule has 26 heavy (non-hydrogen) atoms. The number of benzene rings is 2. The first-order valence-electron chi connectivity index (χ1n) is 8.96. The highest BCUT2D eigenvalue weighted by atomic mass is 35.5. The molecule has 0 aliphatic carbocycles. The van der Waals surface area contributed by atoms with E-state index in [4.69, 9.17) is 23.2 Å². The molecule has 0 aliphatic heterocycles. The molecule has 0 fully saturated rings. The van der Waals surface area contributed by atoms with Gasteiger partial charge < -0.3 is 4.90 Å². The van der Waals surface area contributed by atoms with Gasteiger partial charge in [0.15, 0.2) is 0 Å². The standard InChI is InChI=1S/C21H24Cl2FNO/c1-2-3-4-9-21(26)25(15-17-7-5-6-8-20(17)24)13-12-16-10-11-18(22)14-19(16)23/h5-8,10-11,14H,2-4,9,12-13,15H2,1H3. The summed E-state index contributed by atoms with van der Waals surface area (Å²) in [5.74, 6) is -0.241. The number of carbonyl (C=O) groups excluding carboxylic acids is 1. The zero-order valence-corrected chi connectivity index (χ0v) is 16.5. The first-order valence-corrected chi connectivity index (χ1v) is 9.72. The summed E-state index contributed by atoms with van der Waals surface area (Å²) in [6.45, 7) is 2.85. The number of hydrogen-bond acceptors (Lipinski definition) is 1. The molecular formula is C21H24Cl2FNO. The Balaban J connectivity index is 2.08. The van der Waals surface area contributed by atoms with E-state index in [1.807, 2.05) is 6.07 Å². The van der Waals surface area contributed by atoms with E-state index in [0.717, 1.165) is 24.8 Å². The van der Waals surface area contributed by atoms with Gasteiger partial charge in [-0.2, -0.15) is 0 Å². The van der Waals surface area contributed by atoms with Gasteiger partial charge in [0.2, 0.25) is 5.91 Å². The minimum atomic E-state index is -0.289. The number of unbranched alkanes of at least 4 members (excludes halogenated alkanes) is 2. The second kappa shape index (κ2) is 10.5. The third-order valence-corrected chi connectivity index (χ3v) is 4.92. The van der Waals surface area contributed by atoms with Crippen molar-refractivity contribution in [3.8, 4) is 0 Å². The molecule has 140 valence electrons. The summed E-state index contributed by atoms with van der Waals surface area (Å²) in [6, 6.07) is 11.9. The molecule has 2 rings (SSSR count). The van der Waals surface area contributed by atoms with Crippen LogP contribution in [0.15, 0.2) is 42.5 Å². The van der Waals surface area contributed by atoms with Crippen molar-refractivity contribution in [2.45, 2.75) is 45.6 Å². The number of amides is 1. The smallest absolute Gasteiger partial charge is 0.222 e. The molecule has 5 heteroatoms. The maximum absolute atomic E-state index is 14.0. The topological polar surface area (TPSA) is 20.3 Å². The van der Waals surface area contributed by atoms with Gasteiger partial charge in [-0.25, -0.2) is 4.39 Å². The summed E-state index contributed by atoms with van der Waals surface area (Å²) in [7, 11) is 0. The quantitative estimate of drug-likeness (QED) is 0.457. The van der Waals surface area contributed by atoms with Crippen LogP contribution in [0.2, 0.25) is 10.0 Å². The zero-order valence-electron chi connectivity index (χ0n) is 15.0. The minimum Gasteiger partial charge on any atom is -0.338 e. The molecule has 0 radical (unpaired) electrons. The van der Waals surface area contributed by atoms with Crippen molar-refractivity contribution in [3.63, 3.8) is 0 Å². The molecule has 0 N–H and O–H groups in total. The average molecular weight is 396 g/mol. The number of nitrogens with zero attached hydrogens (tertiary/aromatic N) is 1. The summed E-state index contributed by atoms with van der Waals surface area (Å²) in [4.78, 5) is 14.4. The summed E-state index contributed by atoms with van der Waals surface area (Å²) >= 11 is 12.2. The van der Waals surface area contributed by atoms with E-state index in [1.165, 1.54) is 6.07 Å². The van der Waals surface area contributed by atoms with Crippen molar-refractivity contribution in [1.29, 1.82) is 0 Å². The Morgan fingerprint density at radius 1 is 1.08 bits per heavy atom. The van der Waals surface area contributed by atoms with E-state index in [2.05, 4.69) is 6.92 Å². The van der Waals surface area contributed by atoms with Crippen molar-refractivity contribution in [2.24, 2.45) is 0 Å². The SMILES string of the molecule is CCCCCC(=O)N(CCc1ccc(Cl)cc1Cl)Cc1ccccc1F. The lowest BCUT2D eigenvalue weighted by molar-refractivity contribution is -0.132. The number of rotatable bonds is 9. The molecule has 0 aliphatic rings. The first-order chi connectivity index (χ1) is 12.5. The Kier molecular flexibility index (Phi) is 8.40. The predicted molar refractivity (Wildman–Crippen MR) is 106 cm³/mol. The van der Waals surface area contributed by atoms with E-state index in [1.54, 1.807) is 35.2 Å². The van der Waals surface area contributed by atoms with Crippen molar-refractivity contribution in [2.75, 3.05) is 6.54 Å². The molecule has 1 amide bonds. The average Bonchev–Trinajstić information content (AvgIpc) is 2.61. The highest BCUT2D eigenvalue weighted by Crippen LogP contribution is 2.22. The second-order valence-corrected chi connectivity index (χ2v) is 7.19. The highest BCUT2D eigenvalue weighted by Gasteiger charge is 2.16. The van der Waals surface area contributed by atoms with Crippen LogP contribution in [0.4, 0.5) is 4.39 Å². The molecule has 0 atom stereocenters. The minimum absolute atomic E-state index is 0.0480. The highest BCUT2D eigenvalue weighted by molar-refractivity contribution is 6.35. The van der Waals surface area contributed by atoms with E-state index in [9.17, 15) is 9.18 Å². The fourth-order valence-electron chi connectivity index (χ4n) is 2.79. The van der Waals surface area contributed by atoms with E-state index in [-0.39, 0.29) is 18.3 Å². The van der Waals surface area contributed by atoms with Crippen LogP contribution in [-0.2, 0) is 17.8 Å². The van der Waals surface area contributed by atoms with Gasteiger partial charge in [-0.15, -0.1) is 0 Å². The van der Waals surface area contributed by atoms with Crippen LogP contribution >= 0.6 is 23.2 Å². The normalized spacial score (nSPS) is 10.8. The van der Waals surface area contributed by atoms with Gasteiger partial charge in [0.1, 0.15) is 5.82 Å². The Morgan fingerprint density at radius 2 is 1.85 bits per heavy atom. The molecule has 2 aromatic carbocycles. The third-order valence-electron chi connectivity index (χ3n) is 4.33.